The van der Waals surface area contributed by atoms with Gasteiger partial charge in [0.1, 0.15) is 6.04 Å². The molecule has 0 heterocycles. The van der Waals surface area contributed by atoms with Crippen LogP contribution in [-0.4, -0.2) is 38.5 Å². The lowest BCUT2D eigenvalue weighted by atomic mass is 10.2. The molecule has 12 heavy (non-hydrogen) atoms. The first-order chi connectivity index (χ1) is 5.61. The fourth-order valence-corrected chi connectivity index (χ4v) is 0.833. The van der Waals surface area contributed by atoms with Gasteiger partial charge in [0.25, 0.3) is 0 Å². The van der Waals surface area contributed by atoms with E-state index in [1.807, 2.05) is 0 Å². The molecule has 0 aromatic carbocycles. The second-order valence-electron chi connectivity index (χ2n) is 2.43. The summed E-state index contributed by atoms with van der Waals surface area (Å²) in [5.41, 5.74) is 0. The molecule has 0 aromatic heterocycles. The number of nitrogens with one attached hydrogen (secondary N) is 3. The molecule has 0 radical (unpaired) electrons. The highest BCUT2D eigenvalue weighted by molar-refractivity contribution is 5.86. The number of hydrogen-bond acceptors (Lipinski definition) is 3. The molecule has 0 saturated carbocycles. The summed E-state index contributed by atoms with van der Waals surface area (Å²) in [7, 11) is 3.25. The minimum absolute atomic E-state index is 0.195. The van der Waals surface area contributed by atoms with Crippen LogP contribution in [0.5, 0.6) is 0 Å². The maximum atomic E-state index is 11.1. The molecule has 0 aromatic rings. The van der Waals surface area contributed by atoms with E-state index in [0.29, 0.717) is 6.54 Å². The fourth-order valence-electron chi connectivity index (χ4n) is 0.833. The Morgan fingerprint density at radius 2 is 1.92 bits per heavy atom. The van der Waals surface area contributed by atoms with Crippen LogP contribution in [-0.2, 0) is 9.59 Å². The van der Waals surface area contributed by atoms with E-state index in [1.165, 1.54) is 14.0 Å². The summed E-state index contributed by atoms with van der Waals surface area (Å²) in [5.74, 6) is -0.404. The Bertz CT molecular complexity index is 170. The van der Waals surface area contributed by atoms with Crippen LogP contribution in [0.1, 0.15) is 6.92 Å². The van der Waals surface area contributed by atoms with E-state index in [4.69, 9.17) is 0 Å². The molecule has 1 unspecified atom stereocenters. The molecule has 0 aliphatic rings. The minimum atomic E-state index is -0.488. The molecule has 3 N–H and O–H groups in total. The third-order valence-electron chi connectivity index (χ3n) is 1.35. The van der Waals surface area contributed by atoms with Crippen molar-refractivity contribution < 1.29 is 9.59 Å². The van der Waals surface area contributed by atoms with Crippen molar-refractivity contribution in [1.29, 1.82) is 0 Å². The van der Waals surface area contributed by atoms with Crippen molar-refractivity contribution in [3.05, 3.63) is 0 Å². The molecular formula is C7H15N3O2. The van der Waals surface area contributed by atoms with Gasteiger partial charge in [-0.25, -0.2) is 0 Å². The maximum Gasteiger partial charge on any atom is 0.243 e. The highest BCUT2D eigenvalue weighted by Crippen LogP contribution is 1.81. The smallest absolute Gasteiger partial charge is 0.243 e. The maximum absolute atomic E-state index is 11.1. The molecule has 70 valence electrons. The van der Waals surface area contributed by atoms with Gasteiger partial charge in [-0.05, 0) is 7.05 Å². The normalized spacial score (nSPS) is 11.9. The Kier molecular flexibility index (Phi) is 5.03. The van der Waals surface area contributed by atoms with E-state index in [-0.39, 0.29) is 11.8 Å². The molecule has 2 amide bonds. The SMILES string of the molecule is CNCC(NC(C)=O)C(=O)NC. The van der Waals surface area contributed by atoms with Gasteiger partial charge >= 0.3 is 0 Å². The Balaban J connectivity index is 4.02. The molecule has 0 rings (SSSR count). The van der Waals surface area contributed by atoms with Crippen LogP contribution in [0.3, 0.4) is 0 Å². The van der Waals surface area contributed by atoms with Crippen LogP contribution in [0.4, 0.5) is 0 Å². The van der Waals surface area contributed by atoms with Crippen molar-refractivity contribution in [2.24, 2.45) is 0 Å². The third-order valence-corrected chi connectivity index (χ3v) is 1.35. The topological polar surface area (TPSA) is 70.2 Å². The van der Waals surface area contributed by atoms with Gasteiger partial charge in [0.05, 0.1) is 0 Å². The standard InChI is InChI=1S/C7H15N3O2/c1-5(11)10-6(4-8-2)7(12)9-3/h6,8H,4H2,1-3H3,(H,9,12)(H,10,11). The third kappa shape index (κ3) is 3.92. The number of likely N-dealkylation sites (N-methyl/N-ethyl adjacent to an activating group) is 2. The number of amides is 2. The molecule has 0 bridgehead atoms. The molecule has 0 aliphatic heterocycles. The molecular weight excluding hydrogens is 158 g/mol. The lowest BCUT2D eigenvalue weighted by Gasteiger charge is -2.15. The highest BCUT2D eigenvalue weighted by atomic mass is 16.2. The van der Waals surface area contributed by atoms with Gasteiger partial charge in [0.15, 0.2) is 0 Å². The molecule has 5 nitrogen and oxygen atoms in total. The lowest BCUT2D eigenvalue weighted by molar-refractivity contribution is -0.127. The predicted molar refractivity (Wildman–Crippen MR) is 45.6 cm³/mol. The van der Waals surface area contributed by atoms with Gasteiger partial charge in [-0.15, -0.1) is 0 Å². The Labute approximate surface area is 71.9 Å². The lowest BCUT2D eigenvalue weighted by Crippen LogP contribution is -2.49. The van der Waals surface area contributed by atoms with Gasteiger partial charge in [0.2, 0.25) is 11.8 Å². The Hall–Kier alpha value is -1.10. The Morgan fingerprint density at radius 3 is 2.25 bits per heavy atom. The average Bonchev–Trinajstić information content (AvgIpc) is 2.01. The number of rotatable bonds is 4. The van der Waals surface area contributed by atoms with Crippen LogP contribution in [0.15, 0.2) is 0 Å². The number of carbonyl (C=O) groups is 2. The molecule has 1 atom stereocenters. The summed E-state index contributed by atoms with van der Waals surface area (Å²) in [5, 5.41) is 7.79. The minimum Gasteiger partial charge on any atom is -0.357 e. The molecule has 0 fully saturated rings. The first-order valence-electron chi connectivity index (χ1n) is 3.75. The largest absolute Gasteiger partial charge is 0.357 e. The summed E-state index contributed by atoms with van der Waals surface area (Å²) >= 11 is 0. The van der Waals surface area contributed by atoms with Gasteiger partial charge in [0, 0.05) is 20.5 Å². The van der Waals surface area contributed by atoms with E-state index in [9.17, 15) is 9.59 Å². The number of carbonyl (C=O) groups excluding carboxylic acids is 2. The van der Waals surface area contributed by atoms with Gasteiger partial charge in [-0.3, -0.25) is 9.59 Å². The quantitative estimate of drug-likeness (QED) is 0.482. The average molecular weight is 173 g/mol. The van der Waals surface area contributed by atoms with Crippen molar-refractivity contribution >= 4 is 11.8 Å². The van der Waals surface area contributed by atoms with Crippen molar-refractivity contribution in [2.75, 3.05) is 20.6 Å². The summed E-state index contributed by atoms with van der Waals surface area (Å²) < 4.78 is 0. The number of hydrogen-bond donors (Lipinski definition) is 3. The van der Waals surface area contributed by atoms with E-state index < -0.39 is 6.04 Å². The molecule has 0 spiro atoms. The summed E-state index contributed by atoms with van der Waals surface area (Å²) in [6.45, 7) is 1.81. The van der Waals surface area contributed by atoms with Crippen molar-refractivity contribution in [2.45, 2.75) is 13.0 Å². The first-order valence-corrected chi connectivity index (χ1v) is 3.75. The summed E-state index contributed by atoms with van der Waals surface area (Å²) in [4.78, 5) is 21.7. The predicted octanol–water partition coefficient (Wildman–Crippen LogP) is -1.54. The van der Waals surface area contributed by atoms with Crippen LogP contribution in [0.25, 0.3) is 0 Å². The summed E-state index contributed by atoms with van der Waals surface area (Å²) in [6.07, 6.45) is 0. The highest BCUT2D eigenvalue weighted by Gasteiger charge is 2.16. The zero-order valence-corrected chi connectivity index (χ0v) is 7.60. The zero-order chi connectivity index (χ0) is 9.56. The second kappa shape index (κ2) is 5.54. The van der Waals surface area contributed by atoms with Crippen molar-refractivity contribution in [3.63, 3.8) is 0 Å². The fraction of sp³-hybridized carbons (Fsp3) is 0.714. The zero-order valence-electron chi connectivity index (χ0n) is 7.60. The van der Waals surface area contributed by atoms with Crippen molar-refractivity contribution in [1.82, 2.24) is 16.0 Å². The summed E-state index contributed by atoms with van der Waals surface area (Å²) in [6, 6.07) is -0.488. The van der Waals surface area contributed by atoms with Crippen LogP contribution in [0.2, 0.25) is 0 Å². The van der Waals surface area contributed by atoms with Gasteiger partial charge in [-0.1, -0.05) is 0 Å². The monoisotopic (exact) mass is 173 g/mol. The molecule has 0 saturated heterocycles. The first kappa shape index (κ1) is 10.9. The van der Waals surface area contributed by atoms with E-state index in [0.717, 1.165) is 0 Å². The Morgan fingerprint density at radius 1 is 1.33 bits per heavy atom. The van der Waals surface area contributed by atoms with Crippen molar-refractivity contribution in [3.8, 4) is 0 Å². The van der Waals surface area contributed by atoms with Crippen LogP contribution >= 0.6 is 0 Å². The van der Waals surface area contributed by atoms with E-state index >= 15 is 0 Å². The van der Waals surface area contributed by atoms with E-state index in [1.54, 1.807) is 7.05 Å². The van der Waals surface area contributed by atoms with Gasteiger partial charge < -0.3 is 16.0 Å². The molecule has 0 aliphatic carbocycles. The molecule has 5 heteroatoms. The van der Waals surface area contributed by atoms with Gasteiger partial charge in [-0.2, -0.15) is 0 Å². The van der Waals surface area contributed by atoms with Crippen LogP contribution in [0, 0.1) is 0 Å². The second-order valence-corrected chi connectivity index (χ2v) is 2.43. The van der Waals surface area contributed by atoms with Crippen LogP contribution < -0.4 is 16.0 Å². The van der Waals surface area contributed by atoms with E-state index in [2.05, 4.69) is 16.0 Å².